The van der Waals surface area contributed by atoms with E-state index in [0.29, 0.717) is 0 Å². The quantitative estimate of drug-likeness (QED) is 0.159. The van der Waals surface area contributed by atoms with Crippen molar-refractivity contribution in [3.8, 4) is 33.4 Å². The highest BCUT2D eigenvalue weighted by Crippen LogP contribution is 2.42. The summed E-state index contributed by atoms with van der Waals surface area (Å²) in [6.45, 7) is 0. The van der Waals surface area contributed by atoms with Crippen molar-refractivity contribution in [1.29, 1.82) is 0 Å². The van der Waals surface area contributed by atoms with Crippen LogP contribution in [0.1, 0.15) is 0 Å². The number of benzene rings is 10. The van der Waals surface area contributed by atoms with Gasteiger partial charge in [0.25, 0.3) is 0 Å². The molecule has 0 saturated heterocycles. The average Bonchev–Trinajstić information content (AvgIpc) is 3.23. The Labute approximate surface area is 309 Å². The number of anilines is 3. The summed E-state index contributed by atoms with van der Waals surface area (Å²) in [7, 11) is 0. The Kier molecular flexibility index (Phi) is 7.55. The molecule has 0 fully saturated rings. The molecule has 10 aromatic carbocycles. The van der Waals surface area contributed by atoms with Crippen LogP contribution in [0.5, 0.6) is 0 Å². The summed E-state index contributed by atoms with van der Waals surface area (Å²) in [5, 5.41) is 10.1. The second-order valence-electron chi connectivity index (χ2n) is 13.7. The minimum Gasteiger partial charge on any atom is -0.310 e. The van der Waals surface area contributed by atoms with Gasteiger partial charge in [-0.15, -0.1) is 0 Å². The number of hydrogen-bond donors (Lipinski definition) is 0. The molecule has 0 spiro atoms. The van der Waals surface area contributed by atoms with Crippen LogP contribution in [0.3, 0.4) is 0 Å². The Bertz CT molecular complexity index is 2820. The van der Waals surface area contributed by atoms with E-state index in [1.165, 1.54) is 76.5 Å². The Morgan fingerprint density at radius 3 is 1.26 bits per heavy atom. The van der Waals surface area contributed by atoms with E-state index in [1.807, 2.05) is 0 Å². The highest BCUT2D eigenvalue weighted by molar-refractivity contribution is 6.13. The van der Waals surface area contributed by atoms with Gasteiger partial charge >= 0.3 is 0 Å². The van der Waals surface area contributed by atoms with Gasteiger partial charge in [0.05, 0.1) is 0 Å². The van der Waals surface area contributed by atoms with E-state index in [1.54, 1.807) is 0 Å². The van der Waals surface area contributed by atoms with Gasteiger partial charge in [0, 0.05) is 17.1 Å². The van der Waals surface area contributed by atoms with Crippen molar-refractivity contribution in [2.75, 3.05) is 4.90 Å². The maximum absolute atomic E-state index is 2.39. The summed E-state index contributed by atoms with van der Waals surface area (Å²) in [6, 6.07) is 77.3. The van der Waals surface area contributed by atoms with Gasteiger partial charge in [-0.1, -0.05) is 170 Å². The third-order valence-corrected chi connectivity index (χ3v) is 10.6. The van der Waals surface area contributed by atoms with Crippen LogP contribution in [0.25, 0.3) is 76.5 Å². The molecular formula is C52H35N. The molecule has 0 amide bonds. The summed E-state index contributed by atoms with van der Waals surface area (Å²) in [6.07, 6.45) is 0. The van der Waals surface area contributed by atoms with Crippen LogP contribution >= 0.6 is 0 Å². The molecule has 248 valence electrons. The smallest absolute Gasteiger partial charge is 0.0467 e. The highest BCUT2D eigenvalue weighted by Gasteiger charge is 2.17. The lowest BCUT2D eigenvalue weighted by Crippen LogP contribution is -2.10. The molecule has 1 nitrogen and oxygen atoms in total. The van der Waals surface area contributed by atoms with Gasteiger partial charge < -0.3 is 4.90 Å². The second-order valence-corrected chi connectivity index (χ2v) is 13.7. The molecule has 0 radical (unpaired) electrons. The molecule has 0 aliphatic carbocycles. The van der Waals surface area contributed by atoms with Crippen LogP contribution in [-0.4, -0.2) is 0 Å². The zero-order valence-electron chi connectivity index (χ0n) is 29.2. The summed E-state index contributed by atoms with van der Waals surface area (Å²) < 4.78 is 0. The SMILES string of the molecule is c1cc(-c2cccc3ccccc23)cc(N(c2ccc(-c3cc4ccccc4c4ccccc34)cc2)c2cccc(-c3cccc4ccccc34)c2)c1. The lowest BCUT2D eigenvalue weighted by molar-refractivity contribution is 1.28. The van der Waals surface area contributed by atoms with Gasteiger partial charge in [0.1, 0.15) is 0 Å². The fourth-order valence-electron chi connectivity index (χ4n) is 8.11. The number of rotatable bonds is 6. The minimum absolute atomic E-state index is 1.10. The van der Waals surface area contributed by atoms with Gasteiger partial charge in [0.2, 0.25) is 0 Å². The lowest BCUT2D eigenvalue weighted by atomic mass is 9.93. The first-order valence-corrected chi connectivity index (χ1v) is 18.3. The van der Waals surface area contributed by atoms with E-state index in [-0.39, 0.29) is 0 Å². The standard InChI is InChI=1S/C52H35N/c1-4-22-45-36(13-1)16-11-27-47(45)39-18-9-20-43(33-39)53(44-21-10-19-40(34-44)48-28-12-17-37-14-2-5-23-46(37)48)42-31-29-38(30-32-42)52-35-41-15-3-6-24-49(41)50-25-7-8-26-51(50)52/h1-35H. The van der Waals surface area contributed by atoms with Crippen molar-refractivity contribution >= 4 is 60.2 Å². The van der Waals surface area contributed by atoms with Crippen molar-refractivity contribution in [3.05, 3.63) is 212 Å². The van der Waals surface area contributed by atoms with Crippen LogP contribution in [0.4, 0.5) is 17.1 Å². The molecule has 0 aliphatic rings. The molecule has 1 heteroatoms. The van der Waals surface area contributed by atoms with E-state index in [9.17, 15) is 0 Å². The van der Waals surface area contributed by atoms with E-state index < -0.39 is 0 Å². The van der Waals surface area contributed by atoms with Crippen molar-refractivity contribution in [1.82, 2.24) is 0 Å². The van der Waals surface area contributed by atoms with Crippen LogP contribution in [-0.2, 0) is 0 Å². The van der Waals surface area contributed by atoms with Gasteiger partial charge in [0.15, 0.2) is 0 Å². The normalized spacial score (nSPS) is 11.4. The first kappa shape index (κ1) is 30.8. The molecule has 53 heavy (non-hydrogen) atoms. The Morgan fingerprint density at radius 2 is 0.679 bits per heavy atom. The monoisotopic (exact) mass is 673 g/mol. The second kappa shape index (κ2) is 13.0. The first-order valence-electron chi connectivity index (χ1n) is 18.3. The Balaban J connectivity index is 1.14. The van der Waals surface area contributed by atoms with Gasteiger partial charge in [-0.25, -0.2) is 0 Å². The maximum atomic E-state index is 2.39. The zero-order chi connectivity index (χ0) is 35.1. The van der Waals surface area contributed by atoms with Crippen LogP contribution in [0.2, 0.25) is 0 Å². The van der Waals surface area contributed by atoms with E-state index in [2.05, 4.69) is 217 Å². The lowest BCUT2D eigenvalue weighted by Gasteiger charge is -2.27. The Morgan fingerprint density at radius 1 is 0.226 bits per heavy atom. The van der Waals surface area contributed by atoms with Crippen LogP contribution in [0.15, 0.2) is 212 Å². The summed E-state index contributed by atoms with van der Waals surface area (Å²) >= 11 is 0. The van der Waals surface area contributed by atoms with Crippen LogP contribution < -0.4 is 4.90 Å². The molecule has 10 aromatic rings. The van der Waals surface area contributed by atoms with Gasteiger partial charge in [-0.05, 0) is 119 Å². The fourth-order valence-corrected chi connectivity index (χ4v) is 8.11. The zero-order valence-corrected chi connectivity index (χ0v) is 29.2. The third kappa shape index (κ3) is 5.51. The first-order chi connectivity index (χ1) is 26.3. The van der Waals surface area contributed by atoms with Crippen molar-refractivity contribution in [2.45, 2.75) is 0 Å². The molecule has 0 N–H and O–H groups in total. The highest BCUT2D eigenvalue weighted by atomic mass is 15.1. The largest absolute Gasteiger partial charge is 0.310 e. The summed E-state index contributed by atoms with van der Waals surface area (Å²) in [4.78, 5) is 2.39. The van der Waals surface area contributed by atoms with Crippen molar-refractivity contribution in [2.24, 2.45) is 0 Å². The molecule has 0 bridgehead atoms. The molecule has 0 atom stereocenters. The molecule has 10 rings (SSSR count). The average molecular weight is 674 g/mol. The predicted octanol–water partition coefficient (Wildman–Crippen LogP) is 14.8. The molecular weight excluding hydrogens is 639 g/mol. The van der Waals surface area contributed by atoms with E-state index in [0.717, 1.165) is 17.1 Å². The molecule has 0 aromatic heterocycles. The van der Waals surface area contributed by atoms with Crippen molar-refractivity contribution in [3.63, 3.8) is 0 Å². The topological polar surface area (TPSA) is 3.24 Å². The molecule has 0 saturated carbocycles. The Hall–Kier alpha value is -6.96. The number of fused-ring (bicyclic) bond motifs is 5. The predicted molar refractivity (Wildman–Crippen MR) is 227 cm³/mol. The molecule has 0 aliphatic heterocycles. The fraction of sp³-hybridized carbons (Fsp3) is 0. The van der Waals surface area contributed by atoms with Gasteiger partial charge in [-0.3, -0.25) is 0 Å². The maximum Gasteiger partial charge on any atom is 0.0467 e. The summed E-state index contributed by atoms with van der Waals surface area (Å²) in [5.41, 5.74) is 10.6. The number of hydrogen-bond acceptors (Lipinski definition) is 1. The third-order valence-electron chi connectivity index (χ3n) is 10.6. The molecule has 0 heterocycles. The van der Waals surface area contributed by atoms with Gasteiger partial charge in [-0.2, -0.15) is 0 Å². The van der Waals surface area contributed by atoms with E-state index >= 15 is 0 Å². The summed E-state index contributed by atoms with van der Waals surface area (Å²) in [5.74, 6) is 0. The molecule has 0 unspecified atom stereocenters. The minimum atomic E-state index is 1.10. The van der Waals surface area contributed by atoms with Crippen LogP contribution in [0, 0.1) is 0 Å². The van der Waals surface area contributed by atoms with E-state index in [4.69, 9.17) is 0 Å². The number of nitrogens with zero attached hydrogens (tertiary/aromatic N) is 1. The van der Waals surface area contributed by atoms with Crippen molar-refractivity contribution < 1.29 is 0 Å².